The summed E-state index contributed by atoms with van der Waals surface area (Å²) in [4.78, 5) is 29.2. The zero-order chi connectivity index (χ0) is 17.4. The lowest BCUT2D eigenvalue weighted by Gasteiger charge is -2.20. The van der Waals surface area contributed by atoms with E-state index in [0.29, 0.717) is 17.4 Å². The van der Waals surface area contributed by atoms with Gasteiger partial charge in [0.25, 0.3) is 11.1 Å². The molecule has 1 N–H and O–H groups in total. The van der Waals surface area contributed by atoms with Crippen LogP contribution in [0, 0.1) is 11.3 Å². The maximum absolute atomic E-state index is 12.7. The topological polar surface area (TPSA) is 81.9 Å². The number of rotatable bonds is 3. The van der Waals surface area contributed by atoms with Gasteiger partial charge >= 0.3 is 0 Å². The van der Waals surface area contributed by atoms with E-state index in [-0.39, 0.29) is 11.1 Å². The van der Waals surface area contributed by atoms with Crippen LogP contribution in [0.5, 0.6) is 0 Å². The fourth-order valence-electron chi connectivity index (χ4n) is 3.37. The number of aromatic amines is 1. The van der Waals surface area contributed by atoms with Crippen LogP contribution in [0.25, 0.3) is 10.9 Å². The van der Waals surface area contributed by atoms with E-state index in [9.17, 15) is 9.59 Å². The molecule has 0 amide bonds. The Morgan fingerprint density at radius 1 is 1.16 bits per heavy atom. The third-order valence-corrected chi connectivity index (χ3v) is 4.70. The van der Waals surface area contributed by atoms with E-state index < -0.39 is 5.56 Å². The normalized spacial score (nSPS) is 13.0. The number of aromatic nitrogens is 2. The molecule has 4 rings (SSSR count). The number of hydrogen-bond acceptors (Lipinski definition) is 4. The molecule has 0 unspecified atom stereocenters. The number of nitriles is 1. The molecule has 0 spiro atoms. The predicted molar refractivity (Wildman–Crippen MR) is 95.9 cm³/mol. The number of anilines is 1. The molecule has 6 heteroatoms. The van der Waals surface area contributed by atoms with Crippen LogP contribution < -0.4 is 16.0 Å². The van der Waals surface area contributed by atoms with Gasteiger partial charge in [-0.25, -0.2) is 0 Å². The van der Waals surface area contributed by atoms with E-state index in [4.69, 9.17) is 5.26 Å². The molecule has 2 aromatic heterocycles. The smallest absolute Gasteiger partial charge is 0.266 e. The van der Waals surface area contributed by atoms with E-state index in [1.54, 1.807) is 16.8 Å². The van der Waals surface area contributed by atoms with Crippen molar-refractivity contribution in [1.82, 2.24) is 9.55 Å². The number of nitrogens with one attached hydrogen (secondary N) is 1. The summed E-state index contributed by atoms with van der Waals surface area (Å²) in [5.41, 5.74) is 2.31. The molecule has 1 aliphatic heterocycles. The number of nitrogens with zero attached hydrogens (tertiary/aromatic N) is 3. The largest absolute Gasteiger partial charge is 0.369 e. The Morgan fingerprint density at radius 2 is 2.00 bits per heavy atom. The second-order valence-corrected chi connectivity index (χ2v) is 6.13. The highest BCUT2D eigenvalue weighted by Gasteiger charge is 2.18. The molecule has 0 radical (unpaired) electrons. The van der Waals surface area contributed by atoms with Crippen LogP contribution in [0.2, 0.25) is 0 Å². The predicted octanol–water partition coefficient (Wildman–Crippen LogP) is 1.62. The van der Waals surface area contributed by atoms with Crippen LogP contribution in [-0.4, -0.2) is 22.6 Å². The Morgan fingerprint density at radius 3 is 2.84 bits per heavy atom. The van der Waals surface area contributed by atoms with E-state index >= 15 is 0 Å². The molecule has 0 saturated heterocycles. The highest BCUT2D eigenvalue weighted by molar-refractivity contribution is 5.78. The molecule has 0 aliphatic carbocycles. The van der Waals surface area contributed by atoms with E-state index in [0.717, 1.165) is 19.5 Å². The Labute approximate surface area is 143 Å². The minimum Gasteiger partial charge on any atom is -0.369 e. The first-order valence-corrected chi connectivity index (χ1v) is 8.17. The van der Waals surface area contributed by atoms with Crippen molar-refractivity contribution in [2.45, 2.75) is 13.0 Å². The van der Waals surface area contributed by atoms with Gasteiger partial charge in [0.1, 0.15) is 11.6 Å². The van der Waals surface area contributed by atoms with Gasteiger partial charge in [0.05, 0.1) is 10.9 Å². The molecular formula is C19H16N4O2. The summed E-state index contributed by atoms with van der Waals surface area (Å²) in [5.74, 6) is 0. The van der Waals surface area contributed by atoms with Crippen LogP contribution in [0.4, 0.5) is 5.69 Å². The van der Waals surface area contributed by atoms with Crippen LogP contribution in [0.3, 0.4) is 0 Å². The summed E-state index contributed by atoms with van der Waals surface area (Å²) in [7, 11) is 0. The summed E-state index contributed by atoms with van der Waals surface area (Å²) in [5, 5.41) is 9.35. The first-order chi connectivity index (χ1) is 12.2. The summed E-state index contributed by atoms with van der Waals surface area (Å²) in [6.07, 6.45) is 2.71. The van der Waals surface area contributed by atoms with Gasteiger partial charge in [0.2, 0.25) is 0 Å². The maximum Gasteiger partial charge on any atom is 0.266 e. The Bertz CT molecular complexity index is 1120. The van der Waals surface area contributed by atoms with Crippen molar-refractivity contribution in [3.63, 3.8) is 0 Å². The number of para-hydroxylation sites is 1. The van der Waals surface area contributed by atoms with Gasteiger partial charge in [-0.2, -0.15) is 5.26 Å². The van der Waals surface area contributed by atoms with Crippen molar-refractivity contribution in [3.8, 4) is 6.07 Å². The van der Waals surface area contributed by atoms with E-state index in [1.807, 2.05) is 18.2 Å². The highest BCUT2D eigenvalue weighted by Crippen LogP contribution is 2.26. The monoisotopic (exact) mass is 332 g/mol. The first kappa shape index (κ1) is 15.2. The van der Waals surface area contributed by atoms with Crippen molar-refractivity contribution in [2.24, 2.45) is 0 Å². The second kappa shape index (κ2) is 5.95. The van der Waals surface area contributed by atoms with Crippen LogP contribution >= 0.6 is 0 Å². The van der Waals surface area contributed by atoms with Crippen molar-refractivity contribution in [2.75, 3.05) is 18.0 Å². The van der Waals surface area contributed by atoms with Gasteiger partial charge < -0.3 is 14.5 Å². The van der Waals surface area contributed by atoms with Gasteiger partial charge in [-0.05, 0) is 30.2 Å². The van der Waals surface area contributed by atoms with Crippen LogP contribution in [0.1, 0.15) is 11.1 Å². The summed E-state index contributed by atoms with van der Waals surface area (Å²) in [6.45, 7) is 2.23. The second-order valence-electron chi connectivity index (χ2n) is 6.13. The standard InChI is InChI=1S/C19H16N4O2/c20-12-14-11-15-16(21-18(14)24)6-8-23(19(15)25)10-9-22-7-5-13-3-1-2-4-17(13)22/h1-4,6,8,11H,5,7,9-10H2,(H,21,24). The lowest BCUT2D eigenvalue weighted by atomic mass is 10.2. The average Bonchev–Trinajstić information content (AvgIpc) is 3.04. The molecule has 25 heavy (non-hydrogen) atoms. The average molecular weight is 332 g/mol. The number of pyridine rings is 2. The third-order valence-electron chi connectivity index (χ3n) is 4.70. The van der Waals surface area contributed by atoms with Crippen molar-refractivity contribution < 1.29 is 0 Å². The lowest BCUT2D eigenvalue weighted by Crippen LogP contribution is -2.30. The molecule has 0 saturated carbocycles. The minimum absolute atomic E-state index is 0.0455. The molecule has 124 valence electrons. The van der Waals surface area contributed by atoms with Gasteiger partial charge in [0, 0.05) is 31.5 Å². The molecule has 0 fully saturated rings. The van der Waals surface area contributed by atoms with Crippen LogP contribution in [-0.2, 0) is 13.0 Å². The van der Waals surface area contributed by atoms with Gasteiger partial charge in [-0.15, -0.1) is 0 Å². The molecule has 0 atom stereocenters. The van der Waals surface area contributed by atoms with Gasteiger partial charge in [-0.1, -0.05) is 18.2 Å². The summed E-state index contributed by atoms with van der Waals surface area (Å²) >= 11 is 0. The zero-order valence-corrected chi connectivity index (χ0v) is 13.5. The lowest BCUT2D eigenvalue weighted by molar-refractivity contribution is 0.651. The van der Waals surface area contributed by atoms with E-state index in [1.165, 1.54) is 17.3 Å². The number of fused-ring (bicyclic) bond motifs is 2. The number of benzene rings is 1. The Kier molecular flexibility index (Phi) is 3.62. The number of hydrogen-bond donors (Lipinski definition) is 1. The fraction of sp³-hybridized carbons (Fsp3) is 0.211. The molecule has 1 aliphatic rings. The van der Waals surface area contributed by atoms with Gasteiger partial charge in [0.15, 0.2) is 0 Å². The Balaban J connectivity index is 1.64. The summed E-state index contributed by atoms with van der Waals surface area (Å²) in [6, 6.07) is 13.2. The zero-order valence-electron chi connectivity index (χ0n) is 13.5. The van der Waals surface area contributed by atoms with Crippen molar-refractivity contribution >= 4 is 16.6 Å². The van der Waals surface area contributed by atoms with Crippen molar-refractivity contribution in [3.05, 3.63) is 74.4 Å². The SMILES string of the molecule is N#Cc1cc2c(=O)n(CCN3CCc4ccccc43)ccc2[nH]c1=O. The van der Waals surface area contributed by atoms with Gasteiger partial charge in [-0.3, -0.25) is 9.59 Å². The third kappa shape index (κ3) is 2.60. The van der Waals surface area contributed by atoms with Crippen molar-refractivity contribution in [1.29, 1.82) is 5.26 Å². The van der Waals surface area contributed by atoms with E-state index in [2.05, 4.69) is 22.0 Å². The minimum atomic E-state index is -0.471. The molecule has 3 aromatic rings. The molecule has 6 nitrogen and oxygen atoms in total. The molecule has 0 bridgehead atoms. The Hall–Kier alpha value is -3.33. The summed E-state index contributed by atoms with van der Waals surface area (Å²) < 4.78 is 1.63. The molecule has 3 heterocycles. The van der Waals surface area contributed by atoms with Crippen LogP contribution in [0.15, 0.2) is 52.2 Å². The fourth-order valence-corrected chi connectivity index (χ4v) is 3.37. The first-order valence-electron chi connectivity index (χ1n) is 8.17. The number of H-pyrrole nitrogens is 1. The molecular weight excluding hydrogens is 316 g/mol. The molecule has 1 aromatic carbocycles. The highest BCUT2D eigenvalue weighted by atomic mass is 16.1. The maximum atomic E-state index is 12.7. The quantitative estimate of drug-likeness (QED) is 0.790.